The van der Waals surface area contributed by atoms with Gasteiger partial charge in [0.25, 0.3) is 0 Å². The molecule has 0 aliphatic carbocycles. The smallest absolute Gasteiger partial charge is 0.338 e. The highest BCUT2D eigenvalue weighted by atomic mass is 16.5. The highest BCUT2D eigenvalue weighted by Gasteiger charge is 2.11. The van der Waals surface area contributed by atoms with Crippen LogP contribution < -0.4 is 0 Å². The van der Waals surface area contributed by atoms with E-state index in [0.29, 0.717) is 17.7 Å². The summed E-state index contributed by atoms with van der Waals surface area (Å²) in [5.74, 6) is -0.715. The van der Waals surface area contributed by atoms with Crippen molar-refractivity contribution >= 4 is 11.9 Å². The summed E-state index contributed by atoms with van der Waals surface area (Å²) in [4.78, 5) is 23.9. The van der Waals surface area contributed by atoms with Crippen LogP contribution in [0.25, 0.3) is 0 Å². The summed E-state index contributed by atoms with van der Waals surface area (Å²) in [5.41, 5.74) is 0.904. The molecule has 0 bridgehead atoms. The third kappa shape index (κ3) is 12.4. The molecular weight excluding hydrogens is 364 g/mol. The van der Waals surface area contributed by atoms with Crippen molar-refractivity contribution in [3.63, 3.8) is 0 Å². The average molecular weight is 405 g/mol. The van der Waals surface area contributed by atoms with E-state index in [-0.39, 0.29) is 18.0 Å². The number of unbranched alkanes of at least 4 members (excludes halogenated alkanes) is 11. The van der Waals surface area contributed by atoms with Crippen molar-refractivity contribution in [2.24, 2.45) is 0 Å². The molecular formula is C25H40O4. The Morgan fingerprint density at radius 1 is 0.690 bits per heavy atom. The molecule has 164 valence electrons. The maximum absolute atomic E-state index is 12.1. The molecule has 4 heteroatoms. The molecule has 0 fully saturated rings. The van der Waals surface area contributed by atoms with Gasteiger partial charge >= 0.3 is 11.9 Å². The minimum Gasteiger partial charge on any atom is -0.462 e. The van der Waals surface area contributed by atoms with E-state index in [1.807, 2.05) is 0 Å². The summed E-state index contributed by atoms with van der Waals surface area (Å²) in [6.45, 7) is 6.32. The van der Waals surface area contributed by atoms with E-state index in [0.717, 1.165) is 12.8 Å². The average Bonchev–Trinajstić information content (AvgIpc) is 2.71. The first-order valence-electron chi connectivity index (χ1n) is 11.5. The highest BCUT2D eigenvalue weighted by molar-refractivity contribution is 5.93. The van der Waals surface area contributed by atoms with E-state index in [2.05, 4.69) is 6.92 Å². The fourth-order valence-corrected chi connectivity index (χ4v) is 3.22. The number of carbonyl (C=O) groups is 2. The van der Waals surface area contributed by atoms with Crippen molar-refractivity contribution in [2.75, 3.05) is 6.61 Å². The van der Waals surface area contributed by atoms with Gasteiger partial charge in [-0.15, -0.1) is 0 Å². The summed E-state index contributed by atoms with van der Waals surface area (Å²) >= 11 is 0. The van der Waals surface area contributed by atoms with Crippen LogP contribution in [0.2, 0.25) is 0 Å². The molecule has 0 atom stereocenters. The van der Waals surface area contributed by atoms with Gasteiger partial charge in [0.05, 0.1) is 23.8 Å². The lowest BCUT2D eigenvalue weighted by atomic mass is 10.1. The predicted molar refractivity (Wildman–Crippen MR) is 118 cm³/mol. The maximum atomic E-state index is 12.1. The number of benzene rings is 1. The van der Waals surface area contributed by atoms with E-state index in [1.54, 1.807) is 38.1 Å². The lowest BCUT2D eigenvalue weighted by molar-refractivity contribution is 0.0376. The van der Waals surface area contributed by atoms with Crippen molar-refractivity contribution in [1.82, 2.24) is 0 Å². The van der Waals surface area contributed by atoms with Crippen LogP contribution >= 0.6 is 0 Å². The molecule has 0 saturated carbocycles. The Bertz CT molecular complexity index is 563. The number of carbonyl (C=O) groups excluding carboxylic acids is 2. The first-order chi connectivity index (χ1) is 14.0. The summed E-state index contributed by atoms with van der Waals surface area (Å²) < 4.78 is 10.5. The van der Waals surface area contributed by atoms with Gasteiger partial charge in [-0.05, 0) is 44.5 Å². The van der Waals surface area contributed by atoms with Crippen molar-refractivity contribution in [1.29, 1.82) is 0 Å². The second-order valence-electron chi connectivity index (χ2n) is 8.06. The number of hydrogen-bond acceptors (Lipinski definition) is 4. The number of hydrogen-bond donors (Lipinski definition) is 0. The Morgan fingerprint density at radius 2 is 1.10 bits per heavy atom. The molecule has 4 nitrogen and oxygen atoms in total. The van der Waals surface area contributed by atoms with E-state index in [9.17, 15) is 9.59 Å². The Morgan fingerprint density at radius 3 is 1.55 bits per heavy atom. The van der Waals surface area contributed by atoms with Crippen LogP contribution in [0.5, 0.6) is 0 Å². The highest BCUT2D eigenvalue weighted by Crippen LogP contribution is 2.13. The number of ether oxygens (including phenoxy) is 2. The Labute approximate surface area is 177 Å². The summed E-state index contributed by atoms with van der Waals surface area (Å²) in [5, 5.41) is 0. The Hall–Kier alpha value is -1.84. The second kappa shape index (κ2) is 16.0. The molecule has 0 aromatic heterocycles. The van der Waals surface area contributed by atoms with Crippen molar-refractivity contribution in [2.45, 2.75) is 104 Å². The van der Waals surface area contributed by atoms with E-state index < -0.39 is 0 Å². The summed E-state index contributed by atoms with van der Waals surface area (Å²) in [6, 6.07) is 6.43. The SMILES string of the molecule is CCCCCCCCCCCCCCOC(=O)c1ccc(C(=O)OC(C)C)cc1. The molecule has 29 heavy (non-hydrogen) atoms. The first kappa shape index (κ1) is 25.2. The molecule has 1 aromatic carbocycles. The van der Waals surface area contributed by atoms with Gasteiger partial charge < -0.3 is 9.47 Å². The molecule has 0 heterocycles. The van der Waals surface area contributed by atoms with E-state index in [4.69, 9.17) is 9.47 Å². The molecule has 0 N–H and O–H groups in total. The monoisotopic (exact) mass is 404 g/mol. The van der Waals surface area contributed by atoms with Crippen LogP contribution in [0.4, 0.5) is 0 Å². The lowest BCUT2D eigenvalue weighted by Crippen LogP contribution is -2.12. The second-order valence-corrected chi connectivity index (χ2v) is 8.06. The Balaban J connectivity index is 2.04. The van der Waals surface area contributed by atoms with E-state index in [1.165, 1.54) is 64.2 Å². The third-order valence-electron chi connectivity index (χ3n) is 4.93. The van der Waals surface area contributed by atoms with Gasteiger partial charge in [-0.3, -0.25) is 0 Å². The summed E-state index contributed by atoms with van der Waals surface area (Å²) in [7, 11) is 0. The molecule has 0 spiro atoms. The molecule has 0 unspecified atom stereocenters. The van der Waals surface area contributed by atoms with Crippen LogP contribution in [0.1, 0.15) is 119 Å². The van der Waals surface area contributed by atoms with Crippen molar-refractivity contribution in [3.8, 4) is 0 Å². The number of rotatable bonds is 16. The normalized spacial score (nSPS) is 10.9. The van der Waals surface area contributed by atoms with Gasteiger partial charge in [-0.1, -0.05) is 77.6 Å². The lowest BCUT2D eigenvalue weighted by Gasteiger charge is -2.08. The molecule has 0 radical (unpaired) electrons. The molecule has 0 aliphatic heterocycles. The van der Waals surface area contributed by atoms with Gasteiger partial charge in [0.2, 0.25) is 0 Å². The maximum Gasteiger partial charge on any atom is 0.338 e. The molecule has 1 rings (SSSR count). The van der Waals surface area contributed by atoms with Gasteiger partial charge in [-0.25, -0.2) is 9.59 Å². The van der Waals surface area contributed by atoms with Crippen LogP contribution in [-0.2, 0) is 9.47 Å². The molecule has 0 saturated heterocycles. The first-order valence-corrected chi connectivity index (χ1v) is 11.5. The fourth-order valence-electron chi connectivity index (χ4n) is 3.22. The zero-order valence-corrected chi connectivity index (χ0v) is 18.7. The zero-order valence-electron chi connectivity index (χ0n) is 18.7. The van der Waals surface area contributed by atoms with Crippen LogP contribution in [0.15, 0.2) is 24.3 Å². The van der Waals surface area contributed by atoms with Crippen LogP contribution in [0.3, 0.4) is 0 Å². The molecule has 0 aliphatic rings. The largest absolute Gasteiger partial charge is 0.462 e. The van der Waals surface area contributed by atoms with Gasteiger partial charge in [0, 0.05) is 0 Å². The van der Waals surface area contributed by atoms with Gasteiger partial charge in [-0.2, -0.15) is 0 Å². The zero-order chi connectivity index (χ0) is 21.3. The van der Waals surface area contributed by atoms with Gasteiger partial charge in [0.15, 0.2) is 0 Å². The standard InChI is InChI=1S/C25H40O4/c1-4-5-6-7-8-9-10-11-12-13-14-15-20-28-24(26)22-16-18-23(19-17-22)25(27)29-21(2)3/h16-19,21H,4-15,20H2,1-3H3. The quantitative estimate of drug-likeness (QED) is 0.218. The Kier molecular flexibility index (Phi) is 13.9. The van der Waals surface area contributed by atoms with Crippen molar-refractivity contribution < 1.29 is 19.1 Å². The minimum absolute atomic E-state index is 0.164. The van der Waals surface area contributed by atoms with Crippen LogP contribution in [0, 0.1) is 0 Å². The topological polar surface area (TPSA) is 52.6 Å². The van der Waals surface area contributed by atoms with Crippen LogP contribution in [-0.4, -0.2) is 24.6 Å². The fraction of sp³-hybridized carbons (Fsp3) is 0.680. The third-order valence-corrected chi connectivity index (χ3v) is 4.93. The summed E-state index contributed by atoms with van der Waals surface area (Å²) in [6.07, 6.45) is 15.2. The molecule has 0 amide bonds. The molecule has 1 aromatic rings. The van der Waals surface area contributed by atoms with Gasteiger partial charge in [0.1, 0.15) is 0 Å². The number of esters is 2. The predicted octanol–water partition coefficient (Wildman–Crippen LogP) is 7.11. The van der Waals surface area contributed by atoms with Crippen molar-refractivity contribution in [3.05, 3.63) is 35.4 Å². The minimum atomic E-state index is -0.378. The van der Waals surface area contributed by atoms with E-state index >= 15 is 0 Å².